The topological polar surface area (TPSA) is 94.6 Å². The van der Waals surface area contributed by atoms with E-state index in [0.717, 1.165) is 11.1 Å². The van der Waals surface area contributed by atoms with Gasteiger partial charge in [-0.3, -0.25) is 0 Å². The molecule has 1 aromatic carbocycles. The number of hydrogen-bond acceptors (Lipinski definition) is 6. The SMILES string of the molecule is CC(C)c1cccc(C(C)C)c1-n1c(=O)nc(N2CCN(C(=O)OC(C)(C)C)C[C@@H]2C)c2cc(Cl)c(Cl)[n+]([O-])c21. The second-order valence-electron chi connectivity index (χ2n) is 11.9. The summed E-state index contributed by atoms with van der Waals surface area (Å²) in [7, 11) is 0. The maximum Gasteiger partial charge on any atom is 0.442 e. The van der Waals surface area contributed by atoms with Gasteiger partial charge in [0.1, 0.15) is 21.7 Å². The van der Waals surface area contributed by atoms with Crippen molar-refractivity contribution in [3.8, 4) is 5.69 Å². The molecule has 2 aromatic heterocycles. The van der Waals surface area contributed by atoms with Gasteiger partial charge in [0, 0.05) is 36.8 Å². The number of ether oxygens (including phenoxy) is 1. The number of carbonyl (C=O) groups excluding carboxylic acids is 1. The molecule has 0 aliphatic carbocycles. The minimum atomic E-state index is -0.612. The third-order valence-corrected chi connectivity index (χ3v) is 7.78. The van der Waals surface area contributed by atoms with Crippen molar-refractivity contribution in [3.05, 3.63) is 61.3 Å². The lowest BCUT2D eigenvalue weighted by Crippen LogP contribution is -2.55. The number of amides is 1. The molecule has 0 saturated carbocycles. The maximum atomic E-state index is 13.9. The molecule has 0 spiro atoms. The summed E-state index contributed by atoms with van der Waals surface area (Å²) in [4.78, 5) is 34.8. The molecule has 1 atom stereocenters. The summed E-state index contributed by atoms with van der Waals surface area (Å²) in [6, 6.07) is 7.25. The molecular formula is C29H37Cl2N5O4. The minimum absolute atomic E-state index is 0.0543. The largest absolute Gasteiger partial charge is 0.709 e. The standard InChI is InChI=1S/C29H37Cl2N5O4/c1-16(2)19-10-9-11-20(17(3)4)23(19)35-26-21(14-22(30)24(31)36(26)39)25(32-27(35)37)34-13-12-33(15-18(34)5)28(38)40-29(6,7)8/h9-11,14,16-18H,12-13,15H2,1-8H3/t18-/m0/s1. The highest BCUT2D eigenvalue weighted by Gasteiger charge is 2.35. The van der Waals surface area contributed by atoms with Crippen molar-refractivity contribution >= 4 is 46.1 Å². The molecule has 1 saturated heterocycles. The fourth-order valence-corrected chi connectivity index (χ4v) is 5.49. The molecular weight excluding hydrogens is 553 g/mol. The van der Waals surface area contributed by atoms with Crippen LogP contribution < -0.4 is 15.3 Å². The molecule has 1 aliphatic rings. The highest BCUT2D eigenvalue weighted by Crippen LogP contribution is 2.35. The Balaban J connectivity index is 1.94. The van der Waals surface area contributed by atoms with E-state index in [1.54, 1.807) is 11.0 Å². The number of fused-ring (bicyclic) bond motifs is 1. The number of carbonyl (C=O) groups is 1. The first-order valence-electron chi connectivity index (χ1n) is 13.5. The fourth-order valence-electron chi connectivity index (χ4n) is 5.17. The molecule has 0 radical (unpaired) electrons. The molecule has 1 aliphatic heterocycles. The summed E-state index contributed by atoms with van der Waals surface area (Å²) in [5, 5.41) is 13.9. The molecule has 0 N–H and O–H groups in total. The normalized spacial score (nSPS) is 16.4. The first kappa shape index (κ1) is 29.9. The molecule has 216 valence electrons. The predicted molar refractivity (Wildman–Crippen MR) is 159 cm³/mol. The molecule has 0 unspecified atom stereocenters. The van der Waals surface area contributed by atoms with Crippen LogP contribution in [0.3, 0.4) is 0 Å². The van der Waals surface area contributed by atoms with Crippen LogP contribution in [-0.4, -0.2) is 51.8 Å². The van der Waals surface area contributed by atoms with Crippen LogP contribution >= 0.6 is 23.2 Å². The van der Waals surface area contributed by atoms with Crippen LogP contribution in [0.25, 0.3) is 16.7 Å². The van der Waals surface area contributed by atoms with Gasteiger partial charge in [-0.25, -0.2) is 14.3 Å². The van der Waals surface area contributed by atoms with Crippen molar-refractivity contribution in [3.63, 3.8) is 0 Å². The molecule has 11 heteroatoms. The molecule has 9 nitrogen and oxygen atoms in total. The summed E-state index contributed by atoms with van der Waals surface area (Å²) in [6.45, 7) is 16.7. The average Bonchev–Trinajstić information content (AvgIpc) is 2.86. The summed E-state index contributed by atoms with van der Waals surface area (Å²) < 4.78 is 7.43. The number of rotatable bonds is 4. The second-order valence-corrected chi connectivity index (χ2v) is 12.7. The maximum absolute atomic E-state index is 13.9. The number of benzene rings is 1. The zero-order valence-electron chi connectivity index (χ0n) is 24.3. The Kier molecular flexibility index (Phi) is 8.30. The van der Waals surface area contributed by atoms with Crippen LogP contribution in [0.2, 0.25) is 10.2 Å². The molecule has 3 aromatic rings. The number of hydrogen-bond donors (Lipinski definition) is 0. The van der Waals surface area contributed by atoms with Crippen molar-refractivity contribution in [1.82, 2.24) is 14.5 Å². The van der Waals surface area contributed by atoms with Gasteiger partial charge in [0.25, 0.3) is 0 Å². The van der Waals surface area contributed by atoms with E-state index in [1.165, 1.54) is 4.57 Å². The third kappa shape index (κ3) is 5.59. The van der Waals surface area contributed by atoms with Crippen molar-refractivity contribution in [2.75, 3.05) is 24.5 Å². The van der Waals surface area contributed by atoms with E-state index < -0.39 is 17.4 Å². The number of para-hydroxylation sites is 1. The Morgan fingerprint density at radius 1 is 1.12 bits per heavy atom. The van der Waals surface area contributed by atoms with Crippen LogP contribution in [0.1, 0.15) is 78.4 Å². The van der Waals surface area contributed by atoms with Gasteiger partial charge in [-0.2, -0.15) is 4.98 Å². The predicted octanol–water partition coefficient (Wildman–Crippen LogP) is 6.02. The van der Waals surface area contributed by atoms with E-state index in [9.17, 15) is 14.8 Å². The van der Waals surface area contributed by atoms with Gasteiger partial charge >= 0.3 is 17.4 Å². The lowest BCUT2D eigenvalue weighted by Gasteiger charge is -2.40. The monoisotopic (exact) mass is 589 g/mol. The van der Waals surface area contributed by atoms with Crippen molar-refractivity contribution in [2.45, 2.75) is 78.9 Å². The van der Waals surface area contributed by atoms with Crippen molar-refractivity contribution in [1.29, 1.82) is 0 Å². The molecule has 0 bridgehead atoms. The molecule has 1 fully saturated rings. The zero-order chi connectivity index (χ0) is 29.7. The van der Waals surface area contributed by atoms with Gasteiger partial charge in [0.15, 0.2) is 5.82 Å². The number of piperazine rings is 1. The highest BCUT2D eigenvalue weighted by molar-refractivity contribution is 6.41. The number of pyridine rings is 1. The Morgan fingerprint density at radius 3 is 2.25 bits per heavy atom. The average molecular weight is 591 g/mol. The van der Waals surface area contributed by atoms with Crippen LogP contribution in [0.4, 0.5) is 10.6 Å². The molecule has 1 amide bonds. The van der Waals surface area contributed by atoms with Gasteiger partial charge in [-0.15, -0.1) is 4.57 Å². The van der Waals surface area contributed by atoms with Gasteiger partial charge in [0.2, 0.25) is 5.15 Å². The van der Waals surface area contributed by atoms with Gasteiger partial charge in [0.05, 0.1) is 0 Å². The summed E-state index contributed by atoms with van der Waals surface area (Å²) in [5.41, 5.74) is 1.30. The van der Waals surface area contributed by atoms with Crippen molar-refractivity contribution < 1.29 is 14.3 Å². The van der Waals surface area contributed by atoms with E-state index in [2.05, 4.69) is 4.98 Å². The smallest absolute Gasteiger partial charge is 0.442 e. The molecule has 40 heavy (non-hydrogen) atoms. The second kappa shape index (κ2) is 11.1. The number of halogens is 2. The summed E-state index contributed by atoms with van der Waals surface area (Å²) in [5.74, 6) is 0.460. The first-order chi connectivity index (χ1) is 18.6. The van der Waals surface area contributed by atoms with Gasteiger partial charge in [-0.1, -0.05) is 57.5 Å². The van der Waals surface area contributed by atoms with E-state index >= 15 is 0 Å². The van der Waals surface area contributed by atoms with E-state index in [1.807, 2.05) is 78.5 Å². The van der Waals surface area contributed by atoms with E-state index in [-0.39, 0.29) is 33.7 Å². The summed E-state index contributed by atoms with van der Waals surface area (Å²) in [6.07, 6.45) is -0.397. The Bertz CT molecular complexity index is 1490. The summed E-state index contributed by atoms with van der Waals surface area (Å²) >= 11 is 12.8. The molecule has 4 rings (SSSR count). The van der Waals surface area contributed by atoms with Crippen molar-refractivity contribution in [2.24, 2.45) is 0 Å². The Morgan fingerprint density at radius 2 is 1.73 bits per heavy atom. The van der Waals surface area contributed by atoms with Crippen LogP contribution in [0, 0.1) is 5.21 Å². The third-order valence-electron chi connectivity index (χ3n) is 7.04. The zero-order valence-corrected chi connectivity index (χ0v) is 25.8. The number of anilines is 1. The van der Waals surface area contributed by atoms with Crippen LogP contribution in [0.15, 0.2) is 29.1 Å². The van der Waals surface area contributed by atoms with Crippen LogP contribution in [0.5, 0.6) is 0 Å². The molecule has 3 heterocycles. The Labute approximate surface area is 244 Å². The minimum Gasteiger partial charge on any atom is -0.709 e. The lowest BCUT2D eigenvalue weighted by atomic mass is 9.92. The quantitative estimate of drug-likeness (QED) is 0.210. The Hall–Kier alpha value is -3.04. The van der Waals surface area contributed by atoms with Gasteiger partial charge < -0.3 is 19.7 Å². The fraction of sp³-hybridized carbons (Fsp3) is 0.517. The highest BCUT2D eigenvalue weighted by atomic mass is 35.5. The lowest BCUT2D eigenvalue weighted by molar-refractivity contribution is -0.577. The number of aromatic nitrogens is 3. The first-order valence-corrected chi connectivity index (χ1v) is 14.3. The number of nitrogens with zero attached hydrogens (tertiary/aromatic N) is 5. The van der Waals surface area contributed by atoms with Gasteiger partial charge in [-0.05, 0) is 57.2 Å². The van der Waals surface area contributed by atoms with Crippen LogP contribution in [-0.2, 0) is 4.74 Å². The van der Waals surface area contributed by atoms with E-state index in [4.69, 9.17) is 27.9 Å². The van der Waals surface area contributed by atoms with E-state index in [0.29, 0.717) is 41.3 Å².